The summed E-state index contributed by atoms with van der Waals surface area (Å²) < 4.78 is 5.22. The third-order valence-electron chi connectivity index (χ3n) is 2.34. The van der Waals surface area contributed by atoms with E-state index < -0.39 is 0 Å². The Hall–Kier alpha value is -2.05. The molecule has 1 heterocycles. The molecule has 0 aliphatic rings. The van der Waals surface area contributed by atoms with E-state index in [9.17, 15) is 0 Å². The van der Waals surface area contributed by atoms with Crippen LogP contribution in [0.3, 0.4) is 0 Å². The van der Waals surface area contributed by atoms with Crippen LogP contribution in [0.5, 0.6) is 5.75 Å². The molecule has 0 saturated heterocycles. The zero-order valence-corrected chi connectivity index (χ0v) is 10.4. The summed E-state index contributed by atoms with van der Waals surface area (Å²) in [6, 6.07) is 7.24. The molecule has 0 spiro atoms. The SMILES string of the molecule is COc1ccccc1N(N)c1nc(Cl)ncc1N. The largest absolute Gasteiger partial charge is 0.495 e. The molecule has 2 aromatic rings. The van der Waals surface area contributed by atoms with Crippen LogP contribution in [0.2, 0.25) is 5.28 Å². The Balaban J connectivity index is 2.47. The molecule has 1 aromatic carbocycles. The second-order valence-corrected chi connectivity index (χ2v) is 3.80. The molecule has 0 bridgehead atoms. The number of aromatic nitrogens is 2. The number of ether oxygens (including phenoxy) is 1. The van der Waals surface area contributed by atoms with Gasteiger partial charge in [0.25, 0.3) is 0 Å². The highest BCUT2D eigenvalue weighted by atomic mass is 35.5. The number of para-hydroxylation sites is 2. The fraction of sp³-hybridized carbons (Fsp3) is 0.0909. The lowest BCUT2D eigenvalue weighted by Crippen LogP contribution is -2.27. The zero-order chi connectivity index (χ0) is 13.1. The molecule has 4 N–H and O–H groups in total. The fourth-order valence-electron chi connectivity index (χ4n) is 1.50. The Morgan fingerprint density at radius 3 is 2.78 bits per heavy atom. The topological polar surface area (TPSA) is 90.3 Å². The molecule has 0 aliphatic heterocycles. The van der Waals surface area contributed by atoms with Gasteiger partial charge in [0, 0.05) is 0 Å². The highest BCUT2D eigenvalue weighted by Crippen LogP contribution is 2.32. The Bertz CT molecular complexity index is 563. The van der Waals surface area contributed by atoms with Crippen molar-refractivity contribution in [3.63, 3.8) is 0 Å². The van der Waals surface area contributed by atoms with Crippen LogP contribution in [0, 0.1) is 0 Å². The summed E-state index contributed by atoms with van der Waals surface area (Å²) in [7, 11) is 1.56. The number of nitrogens with zero attached hydrogens (tertiary/aromatic N) is 3. The maximum absolute atomic E-state index is 5.99. The van der Waals surface area contributed by atoms with Gasteiger partial charge in [-0.25, -0.2) is 10.8 Å². The minimum atomic E-state index is 0.0737. The van der Waals surface area contributed by atoms with E-state index in [4.69, 9.17) is 27.9 Å². The number of anilines is 3. The van der Waals surface area contributed by atoms with Crippen molar-refractivity contribution in [2.75, 3.05) is 17.9 Å². The summed E-state index contributed by atoms with van der Waals surface area (Å²) >= 11 is 5.73. The van der Waals surface area contributed by atoms with Crippen molar-refractivity contribution in [3.05, 3.63) is 35.7 Å². The first-order chi connectivity index (χ1) is 8.63. The number of benzene rings is 1. The molecule has 0 radical (unpaired) electrons. The van der Waals surface area contributed by atoms with E-state index >= 15 is 0 Å². The quantitative estimate of drug-likeness (QED) is 0.499. The molecular formula is C11H12ClN5O. The van der Waals surface area contributed by atoms with Gasteiger partial charge in [-0.05, 0) is 23.7 Å². The Kier molecular flexibility index (Phi) is 3.50. The van der Waals surface area contributed by atoms with Gasteiger partial charge in [0.05, 0.1) is 19.0 Å². The minimum Gasteiger partial charge on any atom is -0.495 e. The third-order valence-corrected chi connectivity index (χ3v) is 2.52. The van der Waals surface area contributed by atoms with Gasteiger partial charge < -0.3 is 10.5 Å². The van der Waals surface area contributed by atoms with Crippen LogP contribution in [-0.4, -0.2) is 17.1 Å². The average molecular weight is 266 g/mol. The van der Waals surface area contributed by atoms with E-state index in [1.807, 2.05) is 12.1 Å². The van der Waals surface area contributed by atoms with Gasteiger partial charge in [0.1, 0.15) is 11.4 Å². The molecule has 1 aromatic heterocycles. The van der Waals surface area contributed by atoms with Crippen LogP contribution < -0.4 is 21.3 Å². The standard InChI is InChI=1S/C11H12ClN5O/c1-18-9-5-3-2-4-8(9)17(14)10-7(13)6-15-11(12)16-10/h2-6H,13-14H2,1H3. The molecular weight excluding hydrogens is 254 g/mol. The molecule has 2 rings (SSSR count). The summed E-state index contributed by atoms with van der Waals surface area (Å²) in [4.78, 5) is 7.77. The number of methoxy groups -OCH3 is 1. The van der Waals surface area contributed by atoms with Gasteiger partial charge in [0.15, 0.2) is 5.82 Å². The Morgan fingerprint density at radius 1 is 1.33 bits per heavy atom. The summed E-state index contributed by atoms with van der Waals surface area (Å²) in [5.74, 6) is 6.91. The van der Waals surface area contributed by atoms with Crippen molar-refractivity contribution in [1.29, 1.82) is 0 Å². The second-order valence-electron chi connectivity index (χ2n) is 3.46. The molecule has 0 atom stereocenters. The number of nitrogen functional groups attached to an aromatic ring is 1. The maximum Gasteiger partial charge on any atom is 0.224 e. The second kappa shape index (κ2) is 5.07. The van der Waals surface area contributed by atoms with Crippen molar-refractivity contribution in [2.45, 2.75) is 0 Å². The summed E-state index contributed by atoms with van der Waals surface area (Å²) in [5, 5.41) is 1.38. The first-order valence-corrected chi connectivity index (χ1v) is 5.47. The lowest BCUT2D eigenvalue weighted by Gasteiger charge is -2.21. The normalized spacial score (nSPS) is 10.2. The molecule has 7 heteroatoms. The first-order valence-electron chi connectivity index (χ1n) is 5.09. The lowest BCUT2D eigenvalue weighted by atomic mass is 10.3. The number of hydrazine groups is 1. The van der Waals surface area contributed by atoms with Crippen LogP contribution in [0.4, 0.5) is 17.2 Å². The lowest BCUT2D eigenvalue weighted by molar-refractivity contribution is 0.415. The first kappa shape index (κ1) is 12.4. The number of nitrogens with two attached hydrogens (primary N) is 2. The van der Waals surface area contributed by atoms with E-state index in [0.717, 1.165) is 0 Å². The molecule has 0 fully saturated rings. The zero-order valence-electron chi connectivity index (χ0n) is 9.67. The molecule has 0 aliphatic carbocycles. The van der Waals surface area contributed by atoms with Crippen LogP contribution in [-0.2, 0) is 0 Å². The van der Waals surface area contributed by atoms with E-state index in [1.165, 1.54) is 11.2 Å². The number of rotatable bonds is 3. The van der Waals surface area contributed by atoms with E-state index in [2.05, 4.69) is 9.97 Å². The summed E-state index contributed by atoms with van der Waals surface area (Å²) in [6.45, 7) is 0. The molecule has 94 valence electrons. The van der Waals surface area contributed by atoms with Gasteiger partial charge in [-0.2, -0.15) is 4.98 Å². The minimum absolute atomic E-state index is 0.0737. The molecule has 0 saturated carbocycles. The molecule has 18 heavy (non-hydrogen) atoms. The van der Waals surface area contributed by atoms with E-state index in [-0.39, 0.29) is 5.28 Å². The molecule has 0 amide bonds. The van der Waals surface area contributed by atoms with Gasteiger partial charge in [-0.3, -0.25) is 5.01 Å². The van der Waals surface area contributed by atoms with Crippen molar-refractivity contribution < 1.29 is 4.74 Å². The highest BCUT2D eigenvalue weighted by Gasteiger charge is 2.15. The van der Waals surface area contributed by atoms with Crippen molar-refractivity contribution in [1.82, 2.24) is 9.97 Å². The van der Waals surface area contributed by atoms with Crippen molar-refractivity contribution in [2.24, 2.45) is 5.84 Å². The van der Waals surface area contributed by atoms with Crippen LogP contribution in [0.25, 0.3) is 0 Å². The van der Waals surface area contributed by atoms with Crippen molar-refractivity contribution >= 4 is 28.8 Å². The van der Waals surface area contributed by atoms with Gasteiger partial charge in [-0.15, -0.1) is 0 Å². The third kappa shape index (κ3) is 2.29. The van der Waals surface area contributed by atoms with Crippen molar-refractivity contribution in [3.8, 4) is 5.75 Å². The monoisotopic (exact) mass is 265 g/mol. The number of halogens is 1. The number of hydrogen-bond donors (Lipinski definition) is 2. The van der Waals surface area contributed by atoms with E-state index in [0.29, 0.717) is 22.9 Å². The van der Waals surface area contributed by atoms with Gasteiger partial charge in [-0.1, -0.05) is 12.1 Å². The predicted molar refractivity (Wildman–Crippen MR) is 70.8 cm³/mol. The van der Waals surface area contributed by atoms with Crippen LogP contribution in [0.15, 0.2) is 30.5 Å². The molecule has 0 unspecified atom stereocenters. The molecule has 6 nitrogen and oxygen atoms in total. The highest BCUT2D eigenvalue weighted by molar-refractivity contribution is 6.28. The van der Waals surface area contributed by atoms with Crippen LogP contribution in [0.1, 0.15) is 0 Å². The van der Waals surface area contributed by atoms with Gasteiger partial charge in [0.2, 0.25) is 5.28 Å². The van der Waals surface area contributed by atoms with Gasteiger partial charge >= 0.3 is 0 Å². The smallest absolute Gasteiger partial charge is 0.224 e. The Labute approximate surface area is 109 Å². The maximum atomic E-state index is 5.99. The van der Waals surface area contributed by atoms with Crippen LogP contribution >= 0.6 is 11.6 Å². The fourth-order valence-corrected chi connectivity index (χ4v) is 1.63. The summed E-state index contributed by atoms with van der Waals surface area (Å²) in [5.41, 5.74) is 6.73. The number of hydrogen-bond acceptors (Lipinski definition) is 6. The predicted octanol–water partition coefficient (Wildman–Crippen LogP) is 1.73. The van der Waals surface area contributed by atoms with E-state index in [1.54, 1.807) is 19.2 Å². The summed E-state index contributed by atoms with van der Waals surface area (Å²) in [6.07, 6.45) is 1.40. The average Bonchev–Trinajstić information content (AvgIpc) is 2.40. The Morgan fingerprint density at radius 2 is 2.06 bits per heavy atom.